The molecule has 1 saturated heterocycles. The molecule has 0 aliphatic carbocycles. The van der Waals surface area contributed by atoms with E-state index in [0.717, 1.165) is 31.4 Å². The lowest BCUT2D eigenvalue weighted by Crippen LogP contribution is -2.24. The first-order chi connectivity index (χ1) is 12.6. The topological polar surface area (TPSA) is 44.8 Å². The third-order valence-electron chi connectivity index (χ3n) is 4.35. The van der Waals surface area contributed by atoms with Gasteiger partial charge in [-0.1, -0.05) is 23.7 Å². The van der Waals surface area contributed by atoms with Crippen LogP contribution in [0.5, 0.6) is 5.75 Å². The van der Waals surface area contributed by atoms with Crippen LogP contribution in [0.15, 0.2) is 42.5 Å². The first-order valence-corrected chi connectivity index (χ1v) is 9.29. The summed E-state index contributed by atoms with van der Waals surface area (Å²) in [6, 6.07) is 12.5. The lowest BCUT2D eigenvalue weighted by Gasteiger charge is -2.22. The molecule has 0 spiro atoms. The van der Waals surface area contributed by atoms with Gasteiger partial charge in [0.05, 0.1) is 11.6 Å². The van der Waals surface area contributed by atoms with Crippen LogP contribution in [0.25, 0.3) is 0 Å². The molecule has 1 unspecified atom stereocenters. The van der Waals surface area contributed by atoms with Gasteiger partial charge in [-0.3, -0.25) is 4.79 Å². The molecule has 1 aliphatic heterocycles. The summed E-state index contributed by atoms with van der Waals surface area (Å²) in [5.41, 5.74) is 1.98. The van der Waals surface area contributed by atoms with Crippen LogP contribution in [-0.4, -0.2) is 31.9 Å². The van der Waals surface area contributed by atoms with Gasteiger partial charge in [0.1, 0.15) is 12.4 Å². The minimum absolute atomic E-state index is 0.0857. The van der Waals surface area contributed by atoms with E-state index in [0.29, 0.717) is 35.1 Å². The second-order valence-electron chi connectivity index (χ2n) is 6.30. The third kappa shape index (κ3) is 4.85. The second kappa shape index (κ2) is 9.17. The molecular formula is C21H23ClO4. The lowest BCUT2D eigenvalue weighted by molar-refractivity contribution is -0.165. The molecule has 2 aromatic carbocycles. The zero-order chi connectivity index (χ0) is 18.4. The number of hydrogen-bond acceptors (Lipinski definition) is 4. The Labute approximate surface area is 159 Å². The van der Waals surface area contributed by atoms with Crippen LogP contribution in [0.1, 0.15) is 40.7 Å². The first-order valence-electron chi connectivity index (χ1n) is 8.91. The van der Waals surface area contributed by atoms with Crippen molar-refractivity contribution in [3.8, 4) is 5.75 Å². The Kier molecular flexibility index (Phi) is 6.67. The Balaban J connectivity index is 1.55. The molecule has 0 amide bonds. The number of aryl methyl sites for hydroxylation is 1. The molecule has 1 heterocycles. The van der Waals surface area contributed by atoms with E-state index < -0.39 is 0 Å². The standard InChI is InChI=1S/C21H23ClO4/c1-15-14-16(24-12-13-26-20-8-4-5-11-25-20)9-10-17(15)21(23)18-6-2-3-7-19(18)22/h2-3,6-7,9-10,14,20H,4-5,8,11-13H2,1H3. The van der Waals surface area contributed by atoms with Crippen molar-refractivity contribution in [3.05, 3.63) is 64.2 Å². The summed E-state index contributed by atoms with van der Waals surface area (Å²) in [5.74, 6) is 0.629. The van der Waals surface area contributed by atoms with Crippen LogP contribution >= 0.6 is 11.6 Å². The molecule has 1 fully saturated rings. The lowest BCUT2D eigenvalue weighted by atomic mass is 9.99. The fourth-order valence-corrected chi connectivity index (χ4v) is 3.17. The molecule has 5 heteroatoms. The minimum atomic E-state index is -0.107. The number of hydrogen-bond donors (Lipinski definition) is 0. The van der Waals surface area contributed by atoms with Gasteiger partial charge in [-0.05, 0) is 62.1 Å². The summed E-state index contributed by atoms with van der Waals surface area (Å²) in [4.78, 5) is 12.7. The monoisotopic (exact) mass is 374 g/mol. The van der Waals surface area contributed by atoms with E-state index in [-0.39, 0.29) is 12.1 Å². The van der Waals surface area contributed by atoms with Crippen LogP contribution in [-0.2, 0) is 9.47 Å². The number of halogens is 1. The summed E-state index contributed by atoms with van der Waals surface area (Å²) < 4.78 is 16.9. The summed E-state index contributed by atoms with van der Waals surface area (Å²) in [5, 5.41) is 0.458. The molecule has 1 aliphatic rings. The van der Waals surface area contributed by atoms with Crippen LogP contribution in [0.4, 0.5) is 0 Å². The van der Waals surface area contributed by atoms with Gasteiger partial charge < -0.3 is 14.2 Å². The largest absolute Gasteiger partial charge is 0.491 e. The molecule has 0 aromatic heterocycles. The highest BCUT2D eigenvalue weighted by Gasteiger charge is 2.16. The van der Waals surface area contributed by atoms with Crippen molar-refractivity contribution < 1.29 is 19.0 Å². The Morgan fingerprint density at radius 3 is 2.73 bits per heavy atom. The Hall–Kier alpha value is -1.88. The number of ketones is 1. The van der Waals surface area contributed by atoms with Gasteiger partial charge in [-0.15, -0.1) is 0 Å². The van der Waals surface area contributed by atoms with Gasteiger partial charge in [0, 0.05) is 17.7 Å². The van der Waals surface area contributed by atoms with Crippen molar-refractivity contribution in [2.75, 3.05) is 19.8 Å². The zero-order valence-corrected chi connectivity index (χ0v) is 15.6. The van der Waals surface area contributed by atoms with Crippen molar-refractivity contribution in [1.29, 1.82) is 0 Å². The van der Waals surface area contributed by atoms with E-state index in [9.17, 15) is 4.79 Å². The molecule has 0 radical (unpaired) electrons. The normalized spacial score (nSPS) is 17.1. The van der Waals surface area contributed by atoms with Gasteiger partial charge in [0.2, 0.25) is 0 Å². The molecule has 4 nitrogen and oxygen atoms in total. The quantitative estimate of drug-likeness (QED) is 0.515. The predicted octanol–water partition coefficient (Wildman–Crippen LogP) is 4.80. The maximum Gasteiger partial charge on any atom is 0.194 e. The number of carbonyl (C=O) groups excluding carboxylic acids is 1. The van der Waals surface area contributed by atoms with Crippen molar-refractivity contribution in [3.63, 3.8) is 0 Å². The molecule has 0 saturated carbocycles. The van der Waals surface area contributed by atoms with Crippen molar-refractivity contribution in [2.24, 2.45) is 0 Å². The first kappa shape index (κ1) is 18.9. The number of rotatable bonds is 7. The van der Waals surface area contributed by atoms with Gasteiger partial charge in [0.25, 0.3) is 0 Å². The average molecular weight is 375 g/mol. The molecule has 2 aromatic rings. The van der Waals surface area contributed by atoms with Crippen molar-refractivity contribution in [1.82, 2.24) is 0 Å². The molecule has 3 rings (SSSR count). The average Bonchev–Trinajstić information content (AvgIpc) is 2.66. The zero-order valence-electron chi connectivity index (χ0n) is 14.9. The van der Waals surface area contributed by atoms with Gasteiger partial charge >= 0.3 is 0 Å². The summed E-state index contributed by atoms with van der Waals surface area (Å²) in [6.07, 6.45) is 3.09. The summed E-state index contributed by atoms with van der Waals surface area (Å²) in [6.45, 7) is 3.58. The van der Waals surface area contributed by atoms with Crippen LogP contribution in [0.2, 0.25) is 5.02 Å². The van der Waals surface area contributed by atoms with E-state index in [4.69, 9.17) is 25.8 Å². The molecule has 138 valence electrons. The van der Waals surface area contributed by atoms with Gasteiger partial charge in [-0.25, -0.2) is 0 Å². The van der Waals surface area contributed by atoms with Gasteiger partial charge in [0.15, 0.2) is 12.1 Å². The van der Waals surface area contributed by atoms with Crippen LogP contribution < -0.4 is 4.74 Å². The van der Waals surface area contributed by atoms with Crippen LogP contribution in [0, 0.1) is 6.92 Å². The number of benzene rings is 2. The van der Waals surface area contributed by atoms with Crippen molar-refractivity contribution >= 4 is 17.4 Å². The van der Waals surface area contributed by atoms with E-state index in [1.807, 2.05) is 25.1 Å². The molecular weight excluding hydrogens is 352 g/mol. The highest BCUT2D eigenvalue weighted by Crippen LogP contribution is 2.24. The fourth-order valence-electron chi connectivity index (χ4n) is 2.95. The van der Waals surface area contributed by atoms with Crippen LogP contribution in [0.3, 0.4) is 0 Å². The van der Waals surface area contributed by atoms with E-state index in [2.05, 4.69) is 0 Å². The van der Waals surface area contributed by atoms with Gasteiger partial charge in [-0.2, -0.15) is 0 Å². The maximum atomic E-state index is 12.7. The van der Waals surface area contributed by atoms with E-state index in [1.54, 1.807) is 24.3 Å². The fraction of sp³-hybridized carbons (Fsp3) is 0.381. The molecule has 0 bridgehead atoms. The Morgan fingerprint density at radius 2 is 2.00 bits per heavy atom. The van der Waals surface area contributed by atoms with E-state index >= 15 is 0 Å². The Morgan fingerprint density at radius 1 is 1.15 bits per heavy atom. The maximum absolute atomic E-state index is 12.7. The number of ether oxygens (including phenoxy) is 3. The third-order valence-corrected chi connectivity index (χ3v) is 4.68. The summed E-state index contributed by atoms with van der Waals surface area (Å²) >= 11 is 6.13. The minimum Gasteiger partial charge on any atom is -0.491 e. The Bertz CT molecular complexity index is 753. The van der Waals surface area contributed by atoms with Crippen molar-refractivity contribution in [2.45, 2.75) is 32.5 Å². The predicted molar refractivity (Wildman–Crippen MR) is 101 cm³/mol. The highest BCUT2D eigenvalue weighted by atomic mass is 35.5. The molecule has 26 heavy (non-hydrogen) atoms. The molecule has 0 N–H and O–H groups in total. The smallest absolute Gasteiger partial charge is 0.194 e. The highest BCUT2D eigenvalue weighted by molar-refractivity contribution is 6.35. The van der Waals surface area contributed by atoms with E-state index in [1.165, 1.54) is 0 Å². The summed E-state index contributed by atoms with van der Waals surface area (Å²) in [7, 11) is 0. The SMILES string of the molecule is Cc1cc(OCCOC2CCCCO2)ccc1C(=O)c1ccccc1Cl. The second-order valence-corrected chi connectivity index (χ2v) is 6.71. The molecule has 1 atom stereocenters. The number of carbonyl (C=O) groups is 1.